The lowest BCUT2D eigenvalue weighted by atomic mass is 10.00. The lowest BCUT2D eigenvalue weighted by Gasteiger charge is -2.39. The van der Waals surface area contributed by atoms with Gasteiger partial charge in [0.25, 0.3) is 0 Å². The summed E-state index contributed by atoms with van der Waals surface area (Å²) >= 11 is 0. The number of rotatable bonds is 11. The molecule has 0 aliphatic carbocycles. The zero-order valence-corrected chi connectivity index (χ0v) is 21.5. The number of carboxylic acids is 1. The van der Waals surface area contributed by atoms with Crippen LogP contribution in [-0.4, -0.2) is 89.8 Å². The number of aromatic amines is 1. The number of carboxylic acid groups (broad SMARTS) is 1. The minimum atomic E-state index is -3.34. The zero-order valence-electron chi connectivity index (χ0n) is 20.6. The van der Waals surface area contributed by atoms with Crippen LogP contribution in [-0.2, 0) is 30.1 Å². The predicted molar refractivity (Wildman–Crippen MR) is 130 cm³/mol. The topological polar surface area (TPSA) is 202 Å². The van der Waals surface area contributed by atoms with Gasteiger partial charge in [-0.3, -0.25) is 4.79 Å². The number of carbonyl (C=O) groups is 2. The summed E-state index contributed by atoms with van der Waals surface area (Å²) in [6, 6.07) is 4.46. The van der Waals surface area contributed by atoms with Crippen molar-refractivity contribution in [2.24, 2.45) is 5.92 Å². The standard InChI is InChI=1S/C23H32N3O10P/c1-11(2)8-17(26(37(33)34)36-23-20(29)19(28)18(27)12(3)35-23)21(30)25-16(22(31)32)9-13-10-24-15-7-5-4-6-14(13)15/h4-7,10-12,16-20,23-24,27-29H,8-9H2,1-3H3,(H2-,25,30,31,32,33,34)/p+1/t12-,16-,17-,18-,19+,20+,23-/m0/s1. The van der Waals surface area contributed by atoms with Crippen molar-refractivity contribution in [1.82, 2.24) is 15.1 Å². The normalized spacial score (nSPS) is 26.3. The van der Waals surface area contributed by atoms with Gasteiger partial charge in [0.15, 0.2) is 6.04 Å². The van der Waals surface area contributed by atoms with Crippen LogP contribution < -0.4 is 5.32 Å². The highest BCUT2D eigenvalue weighted by Crippen LogP contribution is 2.33. The molecule has 2 aromatic rings. The van der Waals surface area contributed by atoms with E-state index in [1.807, 2.05) is 18.2 Å². The van der Waals surface area contributed by atoms with E-state index in [1.165, 1.54) is 6.92 Å². The van der Waals surface area contributed by atoms with Gasteiger partial charge in [-0.25, -0.2) is 9.63 Å². The summed E-state index contributed by atoms with van der Waals surface area (Å²) in [5, 5.41) is 43.2. The first-order valence-corrected chi connectivity index (χ1v) is 13.0. The van der Waals surface area contributed by atoms with E-state index in [1.54, 1.807) is 26.1 Å². The number of benzene rings is 1. The molecule has 204 valence electrons. The molecule has 14 heteroatoms. The van der Waals surface area contributed by atoms with Crippen LogP contribution in [0.25, 0.3) is 10.9 Å². The molecule has 0 bridgehead atoms. The maximum absolute atomic E-state index is 13.3. The number of hydrogen-bond donors (Lipinski definition) is 7. The van der Waals surface area contributed by atoms with Gasteiger partial charge < -0.3 is 35.5 Å². The smallest absolute Gasteiger partial charge is 0.480 e. The van der Waals surface area contributed by atoms with Crippen molar-refractivity contribution >= 4 is 31.0 Å². The maximum atomic E-state index is 13.3. The van der Waals surface area contributed by atoms with Gasteiger partial charge >= 0.3 is 14.1 Å². The van der Waals surface area contributed by atoms with Crippen LogP contribution in [0.3, 0.4) is 0 Å². The molecule has 1 aliphatic rings. The summed E-state index contributed by atoms with van der Waals surface area (Å²) in [6.07, 6.45) is -5.98. The number of aliphatic carboxylic acids is 1. The van der Waals surface area contributed by atoms with Gasteiger partial charge in [-0.1, -0.05) is 32.0 Å². The number of aliphatic hydroxyl groups is 3. The Morgan fingerprint density at radius 2 is 1.86 bits per heavy atom. The van der Waals surface area contributed by atoms with Gasteiger partial charge in [0.05, 0.1) is 10.9 Å². The molecule has 13 nitrogen and oxygen atoms in total. The van der Waals surface area contributed by atoms with Gasteiger partial charge in [-0.15, -0.1) is 4.89 Å². The van der Waals surface area contributed by atoms with Crippen LogP contribution in [0.4, 0.5) is 0 Å². The Balaban J connectivity index is 1.82. The maximum Gasteiger partial charge on any atom is 0.640 e. The number of nitrogens with zero attached hydrogens (tertiary/aromatic N) is 1. The molecule has 3 rings (SSSR count). The second kappa shape index (κ2) is 12.4. The van der Waals surface area contributed by atoms with Gasteiger partial charge in [-0.2, -0.15) is 0 Å². The predicted octanol–water partition coefficient (Wildman–Crippen LogP) is 0.405. The minimum Gasteiger partial charge on any atom is -0.480 e. The first-order chi connectivity index (χ1) is 17.4. The molecule has 1 amide bonds. The molecule has 0 spiro atoms. The second-order valence-corrected chi connectivity index (χ2v) is 10.4. The van der Waals surface area contributed by atoms with Gasteiger partial charge in [0.1, 0.15) is 24.4 Å². The van der Waals surface area contributed by atoms with Crippen molar-refractivity contribution < 1.29 is 49.0 Å². The number of ether oxygens (including phenoxy) is 1. The Labute approximate surface area is 213 Å². The number of fused-ring (bicyclic) bond motifs is 1. The zero-order chi connectivity index (χ0) is 27.4. The lowest BCUT2D eigenvalue weighted by Crippen LogP contribution is -2.59. The third-order valence-corrected chi connectivity index (χ3v) is 6.88. The van der Waals surface area contributed by atoms with Crippen LogP contribution in [0.5, 0.6) is 0 Å². The molecule has 1 aliphatic heterocycles. The van der Waals surface area contributed by atoms with Crippen molar-refractivity contribution in [3.8, 4) is 0 Å². The van der Waals surface area contributed by atoms with E-state index in [4.69, 9.17) is 9.57 Å². The number of amides is 1. The van der Waals surface area contributed by atoms with E-state index in [0.717, 1.165) is 10.9 Å². The molecule has 2 heterocycles. The van der Waals surface area contributed by atoms with E-state index >= 15 is 0 Å². The Kier molecular flexibility index (Phi) is 9.73. The van der Waals surface area contributed by atoms with E-state index in [0.29, 0.717) is 10.4 Å². The highest BCUT2D eigenvalue weighted by Gasteiger charge is 2.49. The average Bonchev–Trinajstić information content (AvgIpc) is 3.24. The Bertz CT molecular complexity index is 1110. The highest BCUT2D eigenvalue weighted by molar-refractivity contribution is 7.35. The number of aromatic nitrogens is 1. The molecule has 1 fully saturated rings. The summed E-state index contributed by atoms with van der Waals surface area (Å²) in [6.45, 7) is 4.90. The molecule has 1 unspecified atom stereocenters. The summed E-state index contributed by atoms with van der Waals surface area (Å²) in [5.74, 6) is -2.39. The third kappa shape index (κ3) is 6.89. The van der Waals surface area contributed by atoms with E-state index in [-0.39, 0.29) is 18.8 Å². The SMILES string of the molecule is CC(C)C[C@@H](C(=O)N[C@@H](Cc1c[nH]c2ccccc12)C(=O)O)N(O[C@@H]1O[C@@H](C)[C@H](O)[C@@H](O)[C@H]1O)[P+](=O)O. The molecular weight excluding hydrogens is 509 g/mol. The number of hydroxylamine groups is 1. The largest absolute Gasteiger partial charge is 0.640 e. The number of nitrogens with one attached hydrogen (secondary N) is 2. The quantitative estimate of drug-likeness (QED) is 0.153. The summed E-state index contributed by atoms with van der Waals surface area (Å²) in [5.41, 5.74) is 1.46. The number of para-hydroxylation sites is 1. The van der Waals surface area contributed by atoms with Crippen molar-refractivity contribution in [1.29, 1.82) is 0 Å². The van der Waals surface area contributed by atoms with Crippen LogP contribution in [0.15, 0.2) is 30.5 Å². The fourth-order valence-corrected chi connectivity index (χ4v) is 4.78. The number of aliphatic hydroxyl groups excluding tert-OH is 3. The Morgan fingerprint density at radius 1 is 1.19 bits per heavy atom. The van der Waals surface area contributed by atoms with E-state index in [9.17, 15) is 39.5 Å². The average molecular weight is 543 g/mol. The monoisotopic (exact) mass is 542 g/mol. The minimum absolute atomic E-state index is 0.0174. The Morgan fingerprint density at radius 3 is 2.49 bits per heavy atom. The molecule has 1 saturated heterocycles. The van der Waals surface area contributed by atoms with Crippen LogP contribution in [0, 0.1) is 5.92 Å². The summed E-state index contributed by atoms with van der Waals surface area (Å²) < 4.78 is 17.6. The number of carbonyl (C=O) groups excluding carboxylic acids is 1. The number of H-pyrrole nitrogens is 1. The molecular formula is C23H33N3O10P+. The van der Waals surface area contributed by atoms with Crippen LogP contribution >= 0.6 is 8.18 Å². The molecule has 37 heavy (non-hydrogen) atoms. The van der Waals surface area contributed by atoms with Gasteiger partial charge in [-0.05, 0) is 35.5 Å². The summed E-state index contributed by atoms with van der Waals surface area (Å²) in [4.78, 5) is 44.2. The lowest BCUT2D eigenvalue weighted by molar-refractivity contribution is -0.342. The molecule has 0 saturated carbocycles. The molecule has 1 aromatic heterocycles. The van der Waals surface area contributed by atoms with Crippen molar-refractivity contribution in [2.45, 2.75) is 76.4 Å². The van der Waals surface area contributed by atoms with Crippen molar-refractivity contribution in [3.05, 3.63) is 36.0 Å². The van der Waals surface area contributed by atoms with Crippen molar-refractivity contribution in [3.63, 3.8) is 0 Å². The number of hydrogen-bond acceptors (Lipinski definition) is 8. The van der Waals surface area contributed by atoms with Crippen LogP contribution in [0.1, 0.15) is 32.8 Å². The molecule has 8 atom stereocenters. The Hall–Kier alpha value is -2.48. The van der Waals surface area contributed by atoms with E-state index < -0.39 is 62.8 Å². The van der Waals surface area contributed by atoms with Crippen LogP contribution in [0.2, 0.25) is 0 Å². The van der Waals surface area contributed by atoms with Gasteiger partial charge in [0, 0.05) is 23.5 Å². The van der Waals surface area contributed by atoms with Gasteiger partial charge in [0.2, 0.25) is 12.2 Å². The molecule has 1 aromatic carbocycles. The second-order valence-electron chi connectivity index (χ2n) is 9.45. The fraction of sp³-hybridized carbons (Fsp3) is 0.565. The first-order valence-electron chi connectivity index (χ1n) is 11.8. The summed E-state index contributed by atoms with van der Waals surface area (Å²) in [7, 11) is -3.34. The third-order valence-electron chi connectivity index (χ3n) is 6.17. The molecule has 7 N–H and O–H groups in total. The molecule has 0 radical (unpaired) electrons. The van der Waals surface area contributed by atoms with E-state index in [2.05, 4.69) is 10.3 Å². The van der Waals surface area contributed by atoms with Crippen molar-refractivity contribution in [2.75, 3.05) is 0 Å². The first kappa shape index (κ1) is 29.1. The highest BCUT2D eigenvalue weighted by atomic mass is 31.1. The fourth-order valence-electron chi connectivity index (χ4n) is 4.17.